The molecule has 156 valence electrons. The van der Waals surface area contributed by atoms with Gasteiger partial charge in [0.2, 0.25) is 10.0 Å². The first-order valence-electron chi connectivity index (χ1n) is 8.66. The summed E-state index contributed by atoms with van der Waals surface area (Å²) in [6, 6.07) is 4.67. The highest BCUT2D eigenvalue weighted by Gasteiger charge is 2.33. The van der Waals surface area contributed by atoms with Crippen LogP contribution in [0.2, 0.25) is 0 Å². The van der Waals surface area contributed by atoms with Crippen molar-refractivity contribution in [1.29, 1.82) is 0 Å². The predicted molar refractivity (Wildman–Crippen MR) is 92.9 cm³/mol. The molecule has 0 saturated carbocycles. The van der Waals surface area contributed by atoms with Crippen LogP contribution >= 0.6 is 0 Å². The molecule has 1 fully saturated rings. The van der Waals surface area contributed by atoms with Crippen LogP contribution < -0.4 is 5.32 Å². The van der Waals surface area contributed by atoms with Crippen molar-refractivity contribution in [1.82, 2.24) is 9.62 Å². The zero-order valence-corrected chi connectivity index (χ0v) is 16.0. The van der Waals surface area contributed by atoms with E-state index < -0.39 is 28.7 Å². The summed E-state index contributed by atoms with van der Waals surface area (Å²) in [5, 5.41) is 1.72. The maximum Gasteiger partial charge on any atom is 0.405 e. The van der Waals surface area contributed by atoms with Crippen molar-refractivity contribution < 1.29 is 35.9 Å². The van der Waals surface area contributed by atoms with E-state index >= 15 is 0 Å². The van der Waals surface area contributed by atoms with Gasteiger partial charge >= 0.3 is 12.1 Å². The van der Waals surface area contributed by atoms with Gasteiger partial charge in [0.25, 0.3) is 5.91 Å². The number of esters is 1. The summed E-state index contributed by atoms with van der Waals surface area (Å²) < 4.78 is 68.0. The van der Waals surface area contributed by atoms with Crippen molar-refractivity contribution in [3.8, 4) is 0 Å². The van der Waals surface area contributed by atoms with Gasteiger partial charge in [0, 0.05) is 18.7 Å². The highest BCUT2D eigenvalue weighted by molar-refractivity contribution is 7.89. The Morgan fingerprint density at radius 2 is 1.75 bits per heavy atom. The van der Waals surface area contributed by atoms with Crippen molar-refractivity contribution in [2.45, 2.75) is 30.8 Å². The molecule has 0 spiro atoms. The summed E-state index contributed by atoms with van der Waals surface area (Å²) in [4.78, 5) is 23.4. The number of amides is 1. The smallest absolute Gasteiger partial charge is 0.405 e. The molecule has 1 heterocycles. The summed E-state index contributed by atoms with van der Waals surface area (Å²) >= 11 is 0. The van der Waals surface area contributed by atoms with Gasteiger partial charge in [-0.1, -0.05) is 0 Å². The number of carbonyl (C=O) groups is 2. The minimum atomic E-state index is -4.53. The van der Waals surface area contributed by atoms with E-state index in [-0.39, 0.29) is 42.0 Å². The Balaban J connectivity index is 2.01. The molecule has 1 aromatic carbocycles. The Morgan fingerprint density at radius 1 is 1.18 bits per heavy atom. The minimum absolute atomic E-state index is 0.0746. The first-order chi connectivity index (χ1) is 13.0. The van der Waals surface area contributed by atoms with Gasteiger partial charge in [0.15, 0.2) is 0 Å². The molecule has 1 aliphatic rings. The molecule has 1 aliphatic heterocycles. The Kier molecular flexibility index (Phi) is 7.05. The number of rotatable bonds is 6. The molecule has 1 aromatic rings. The zero-order chi connectivity index (χ0) is 20.9. The molecule has 1 saturated heterocycles. The Hall–Kier alpha value is -2.14. The van der Waals surface area contributed by atoms with Crippen molar-refractivity contribution in [2.24, 2.45) is 5.92 Å². The molecular weight excluding hydrogens is 401 g/mol. The van der Waals surface area contributed by atoms with Crippen molar-refractivity contribution in [3.63, 3.8) is 0 Å². The Bertz CT molecular complexity index is 801. The number of alkyl halides is 3. The summed E-state index contributed by atoms with van der Waals surface area (Å²) in [5.74, 6) is -1.63. The molecule has 0 bridgehead atoms. The fourth-order valence-electron chi connectivity index (χ4n) is 2.80. The van der Waals surface area contributed by atoms with E-state index in [1.54, 1.807) is 12.2 Å². The van der Waals surface area contributed by atoms with Gasteiger partial charge in [0.05, 0.1) is 17.4 Å². The highest BCUT2D eigenvalue weighted by atomic mass is 32.2. The largest absolute Gasteiger partial charge is 0.466 e. The van der Waals surface area contributed by atoms with Crippen LogP contribution in [0, 0.1) is 5.92 Å². The van der Waals surface area contributed by atoms with E-state index in [0.29, 0.717) is 12.8 Å². The maximum atomic E-state index is 12.7. The lowest BCUT2D eigenvalue weighted by molar-refractivity contribution is -0.149. The monoisotopic (exact) mass is 422 g/mol. The van der Waals surface area contributed by atoms with Crippen LogP contribution in [-0.2, 0) is 19.6 Å². The normalized spacial score (nSPS) is 16.6. The fourth-order valence-corrected chi connectivity index (χ4v) is 4.27. The van der Waals surface area contributed by atoms with Gasteiger partial charge < -0.3 is 10.1 Å². The van der Waals surface area contributed by atoms with Gasteiger partial charge in [0.1, 0.15) is 6.54 Å². The molecular formula is C17H21F3N2O5S. The lowest BCUT2D eigenvalue weighted by Crippen LogP contribution is -2.40. The standard InChI is InChI=1S/C17H21F3N2O5S/c1-2-27-16(24)13-7-9-22(10-8-13)28(25,26)14-5-3-12(4-6-14)15(23)21-11-17(18,19)20/h3-6,13H,2,7-11H2,1H3,(H,21,23). The van der Waals surface area contributed by atoms with E-state index in [1.165, 1.54) is 16.4 Å². The Labute approximate surface area is 160 Å². The van der Waals surface area contributed by atoms with Crippen molar-refractivity contribution in [2.75, 3.05) is 26.2 Å². The van der Waals surface area contributed by atoms with Gasteiger partial charge in [-0.3, -0.25) is 9.59 Å². The molecule has 1 N–H and O–H groups in total. The van der Waals surface area contributed by atoms with Crippen LogP contribution in [0.4, 0.5) is 13.2 Å². The first-order valence-corrected chi connectivity index (χ1v) is 10.1. The maximum absolute atomic E-state index is 12.7. The molecule has 2 rings (SSSR count). The van der Waals surface area contributed by atoms with Crippen LogP contribution in [0.15, 0.2) is 29.2 Å². The Morgan fingerprint density at radius 3 is 2.25 bits per heavy atom. The minimum Gasteiger partial charge on any atom is -0.466 e. The van der Waals surface area contributed by atoms with Gasteiger partial charge in [-0.05, 0) is 44.0 Å². The van der Waals surface area contributed by atoms with Crippen LogP contribution in [-0.4, -0.2) is 57.0 Å². The third-order valence-electron chi connectivity index (χ3n) is 4.28. The lowest BCUT2D eigenvalue weighted by atomic mass is 9.98. The predicted octanol–water partition coefficient (Wildman–Crippen LogP) is 1.94. The molecule has 1 amide bonds. The molecule has 0 atom stereocenters. The van der Waals surface area contributed by atoms with Crippen LogP contribution in [0.25, 0.3) is 0 Å². The number of benzene rings is 1. The second kappa shape index (κ2) is 8.91. The molecule has 0 unspecified atom stereocenters. The highest BCUT2D eigenvalue weighted by Crippen LogP contribution is 2.25. The number of ether oxygens (including phenoxy) is 1. The average Bonchev–Trinajstić information content (AvgIpc) is 2.66. The third kappa shape index (κ3) is 5.68. The number of hydrogen-bond donors (Lipinski definition) is 1. The second-order valence-corrected chi connectivity index (χ2v) is 8.19. The molecule has 28 heavy (non-hydrogen) atoms. The summed E-state index contributed by atoms with van der Waals surface area (Å²) in [6.07, 6.45) is -3.85. The number of sulfonamides is 1. The first kappa shape index (κ1) is 22.2. The van der Waals surface area contributed by atoms with Crippen LogP contribution in [0.1, 0.15) is 30.1 Å². The summed E-state index contributed by atoms with van der Waals surface area (Å²) in [6.45, 7) is 0.797. The van der Waals surface area contributed by atoms with Gasteiger partial charge in [-0.15, -0.1) is 0 Å². The number of nitrogens with one attached hydrogen (secondary N) is 1. The van der Waals surface area contributed by atoms with Crippen LogP contribution in [0.5, 0.6) is 0 Å². The average molecular weight is 422 g/mol. The van der Waals surface area contributed by atoms with Crippen molar-refractivity contribution >= 4 is 21.9 Å². The van der Waals surface area contributed by atoms with E-state index in [2.05, 4.69) is 0 Å². The fraction of sp³-hybridized carbons (Fsp3) is 0.529. The SMILES string of the molecule is CCOC(=O)C1CCN(S(=O)(=O)c2ccc(C(=O)NCC(F)(F)F)cc2)CC1. The van der Waals surface area contributed by atoms with E-state index in [4.69, 9.17) is 4.74 Å². The number of piperidine rings is 1. The van der Waals surface area contributed by atoms with E-state index in [0.717, 1.165) is 12.1 Å². The van der Waals surface area contributed by atoms with Crippen molar-refractivity contribution in [3.05, 3.63) is 29.8 Å². The molecule has 0 aromatic heterocycles. The molecule has 11 heteroatoms. The summed E-state index contributed by atoms with van der Waals surface area (Å²) in [7, 11) is -3.83. The number of nitrogens with zero attached hydrogens (tertiary/aromatic N) is 1. The number of carbonyl (C=O) groups excluding carboxylic acids is 2. The lowest BCUT2D eigenvalue weighted by Gasteiger charge is -2.30. The summed E-state index contributed by atoms with van der Waals surface area (Å²) in [5.41, 5.74) is -0.0794. The quantitative estimate of drug-likeness (QED) is 0.708. The molecule has 7 nitrogen and oxygen atoms in total. The molecule has 0 aliphatic carbocycles. The molecule has 0 radical (unpaired) electrons. The number of hydrogen-bond acceptors (Lipinski definition) is 5. The van der Waals surface area contributed by atoms with Gasteiger partial charge in [-0.25, -0.2) is 8.42 Å². The zero-order valence-electron chi connectivity index (χ0n) is 15.2. The third-order valence-corrected chi connectivity index (χ3v) is 6.19. The second-order valence-electron chi connectivity index (χ2n) is 6.25. The van der Waals surface area contributed by atoms with E-state index in [9.17, 15) is 31.2 Å². The van der Waals surface area contributed by atoms with E-state index in [1.807, 2.05) is 0 Å². The van der Waals surface area contributed by atoms with Crippen LogP contribution in [0.3, 0.4) is 0 Å². The topological polar surface area (TPSA) is 92.8 Å². The van der Waals surface area contributed by atoms with Gasteiger partial charge in [-0.2, -0.15) is 17.5 Å². The number of halogens is 3.